The average molecular weight is 350 g/mol. The van der Waals surface area contributed by atoms with E-state index in [1.54, 1.807) is 12.5 Å². The van der Waals surface area contributed by atoms with Gasteiger partial charge in [0, 0.05) is 43.4 Å². The van der Waals surface area contributed by atoms with Crippen molar-refractivity contribution in [2.75, 3.05) is 36.0 Å². The van der Waals surface area contributed by atoms with E-state index < -0.39 is 0 Å². The van der Waals surface area contributed by atoms with Crippen LogP contribution < -0.4 is 9.80 Å². The van der Waals surface area contributed by atoms with E-state index >= 15 is 0 Å². The van der Waals surface area contributed by atoms with Crippen LogP contribution in [0.1, 0.15) is 35.8 Å². The number of rotatable bonds is 3. The summed E-state index contributed by atoms with van der Waals surface area (Å²) < 4.78 is 0. The first-order valence-corrected chi connectivity index (χ1v) is 9.20. The monoisotopic (exact) mass is 350 g/mol. The number of aromatic nitrogens is 6. The van der Waals surface area contributed by atoms with Crippen molar-refractivity contribution >= 4 is 22.7 Å². The van der Waals surface area contributed by atoms with Gasteiger partial charge >= 0.3 is 0 Å². The smallest absolute Gasteiger partial charge is 0.160 e. The molecular weight excluding hydrogens is 328 g/mol. The van der Waals surface area contributed by atoms with Crippen LogP contribution in [0, 0.1) is 13.8 Å². The first kappa shape index (κ1) is 15.5. The van der Waals surface area contributed by atoms with Crippen molar-refractivity contribution in [2.45, 2.75) is 32.6 Å². The molecule has 3 aromatic heterocycles. The van der Waals surface area contributed by atoms with Crippen molar-refractivity contribution < 1.29 is 0 Å². The van der Waals surface area contributed by atoms with Crippen LogP contribution in [0.15, 0.2) is 12.5 Å². The van der Waals surface area contributed by atoms with Gasteiger partial charge in [0.25, 0.3) is 0 Å². The van der Waals surface area contributed by atoms with E-state index in [1.165, 1.54) is 18.4 Å². The summed E-state index contributed by atoms with van der Waals surface area (Å²) in [4.78, 5) is 23.0. The molecule has 134 valence electrons. The molecule has 0 radical (unpaired) electrons. The van der Waals surface area contributed by atoms with Crippen molar-refractivity contribution in [1.82, 2.24) is 30.1 Å². The lowest BCUT2D eigenvalue weighted by molar-refractivity contribution is 0.638. The molecule has 1 N–H and O–H groups in total. The van der Waals surface area contributed by atoms with Crippen molar-refractivity contribution in [3.05, 3.63) is 29.6 Å². The Kier molecular flexibility index (Phi) is 3.51. The number of fused-ring (bicyclic) bond motifs is 1. The summed E-state index contributed by atoms with van der Waals surface area (Å²) >= 11 is 0. The third kappa shape index (κ3) is 2.56. The summed E-state index contributed by atoms with van der Waals surface area (Å²) in [7, 11) is 0. The normalized spacial score (nSPS) is 17.9. The molecule has 0 aromatic carbocycles. The van der Waals surface area contributed by atoms with Gasteiger partial charge < -0.3 is 9.80 Å². The number of anilines is 2. The summed E-state index contributed by atoms with van der Waals surface area (Å²) in [5.74, 6) is 3.67. The van der Waals surface area contributed by atoms with Crippen LogP contribution >= 0.6 is 0 Å². The zero-order valence-corrected chi connectivity index (χ0v) is 15.1. The highest BCUT2D eigenvalue weighted by Crippen LogP contribution is 2.39. The van der Waals surface area contributed by atoms with Gasteiger partial charge in [-0.2, -0.15) is 5.10 Å². The molecule has 8 nitrogen and oxygen atoms in total. The molecular formula is C18H22N8. The fourth-order valence-electron chi connectivity index (χ4n) is 3.60. The summed E-state index contributed by atoms with van der Waals surface area (Å²) in [6, 6.07) is 0. The zero-order valence-electron chi connectivity index (χ0n) is 15.1. The van der Waals surface area contributed by atoms with Crippen molar-refractivity contribution in [3.63, 3.8) is 0 Å². The van der Waals surface area contributed by atoms with Crippen LogP contribution in [-0.2, 0) is 0 Å². The third-order valence-electron chi connectivity index (χ3n) is 5.43. The second-order valence-electron chi connectivity index (χ2n) is 7.19. The summed E-state index contributed by atoms with van der Waals surface area (Å²) in [5.41, 5.74) is 3.09. The standard InChI is InChI=1S/C18H22N8/c1-11-12(2)22-15(13-3-4-13)23-17(11)25-5-7-26(8-6-25)18-14-9-21-24-16(14)19-10-20-18/h9-10,13H,3-8H2,1-2H3,(H,19,20,21,24). The zero-order chi connectivity index (χ0) is 17.7. The topological polar surface area (TPSA) is 86.7 Å². The van der Waals surface area contributed by atoms with E-state index in [9.17, 15) is 0 Å². The number of nitrogens with zero attached hydrogens (tertiary/aromatic N) is 7. The van der Waals surface area contributed by atoms with E-state index in [0.29, 0.717) is 5.92 Å². The number of nitrogens with one attached hydrogen (secondary N) is 1. The molecule has 3 aromatic rings. The first-order chi connectivity index (χ1) is 12.7. The predicted octanol–water partition coefficient (Wildman–Crippen LogP) is 1.96. The molecule has 1 saturated carbocycles. The predicted molar refractivity (Wildman–Crippen MR) is 99.6 cm³/mol. The van der Waals surface area contributed by atoms with Crippen LogP contribution in [0.5, 0.6) is 0 Å². The van der Waals surface area contributed by atoms with Gasteiger partial charge in [0.1, 0.15) is 23.8 Å². The van der Waals surface area contributed by atoms with E-state index in [2.05, 4.69) is 43.8 Å². The second-order valence-corrected chi connectivity index (χ2v) is 7.19. The van der Waals surface area contributed by atoms with E-state index in [4.69, 9.17) is 9.97 Å². The van der Waals surface area contributed by atoms with Gasteiger partial charge in [-0.05, 0) is 26.7 Å². The lowest BCUT2D eigenvalue weighted by Gasteiger charge is -2.37. The first-order valence-electron chi connectivity index (χ1n) is 9.20. The van der Waals surface area contributed by atoms with Crippen LogP contribution in [0.4, 0.5) is 11.6 Å². The fourth-order valence-corrected chi connectivity index (χ4v) is 3.60. The number of aryl methyl sites for hydroxylation is 1. The maximum atomic E-state index is 4.91. The van der Waals surface area contributed by atoms with Gasteiger partial charge in [0.05, 0.1) is 11.6 Å². The molecule has 26 heavy (non-hydrogen) atoms. The minimum absolute atomic E-state index is 0.574. The van der Waals surface area contributed by atoms with Gasteiger partial charge in [0.2, 0.25) is 0 Å². The molecule has 5 rings (SSSR count). The number of hydrogen-bond donors (Lipinski definition) is 1. The van der Waals surface area contributed by atoms with E-state index in [-0.39, 0.29) is 0 Å². The maximum Gasteiger partial charge on any atom is 0.160 e. The highest BCUT2D eigenvalue weighted by molar-refractivity contribution is 5.86. The van der Waals surface area contributed by atoms with Gasteiger partial charge in [-0.15, -0.1) is 0 Å². The number of aromatic amines is 1. The van der Waals surface area contributed by atoms with Gasteiger partial charge in [-0.25, -0.2) is 19.9 Å². The largest absolute Gasteiger partial charge is 0.353 e. The minimum atomic E-state index is 0.574. The Hall–Kier alpha value is -2.77. The summed E-state index contributed by atoms with van der Waals surface area (Å²) in [5, 5.41) is 7.98. The number of H-pyrrole nitrogens is 1. The summed E-state index contributed by atoms with van der Waals surface area (Å²) in [6.45, 7) is 7.87. The van der Waals surface area contributed by atoms with Gasteiger partial charge in [-0.1, -0.05) is 0 Å². The number of hydrogen-bond acceptors (Lipinski definition) is 7. The van der Waals surface area contributed by atoms with Gasteiger partial charge in [-0.3, -0.25) is 5.10 Å². The van der Waals surface area contributed by atoms with Crippen LogP contribution in [0.2, 0.25) is 0 Å². The molecule has 4 heterocycles. The summed E-state index contributed by atoms with van der Waals surface area (Å²) in [6.07, 6.45) is 5.85. The molecule has 8 heteroatoms. The maximum absolute atomic E-state index is 4.91. The van der Waals surface area contributed by atoms with Crippen LogP contribution in [-0.4, -0.2) is 56.3 Å². The van der Waals surface area contributed by atoms with Crippen LogP contribution in [0.3, 0.4) is 0 Å². The minimum Gasteiger partial charge on any atom is -0.353 e. The molecule has 0 amide bonds. The Labute approximate surface area is 151 Å². The Balaban J connectivity index is 1.38. The Morgan fingerprint density at radius 1 is 0.962 bits per heavy atom. The van der Waals surface area contributed by atoms with Crippen molar-refractivity contribution in [1.29, 1.82) is 0 Å². The van der Waals surface area contributed by atoms with Crippen LogP contribution in [0.25, 0.3) is 11.0 Å². The lowest BCUT2D eigenvalue weighted by atomic mass is 10.2. The average Bonchev–Trinajstić information content (AvgIpc) is 3.40. The highest BCUT2D eigenvalue weighted by Gasteiger charge is 2.29. The quantitative estimate of drug-likeness (QED) is 0.772. The third-order valence-corrected chi connectivity index (χ3v) is 5.43. The molecule has 0 unspecified atom stereocenters. The SMILES string of the molecule is Cc1nc(C2CC2)nc(N2CCN(c3ncnc4[nH]ncc34)CC2)c1C. The highest BCUT2D eigenvalue weighted by atomic mass is 15.3. The number of piperazine rings is 1. The molecule has 2 fully saturated rings. The molecule has 0 spiro atoms. The molecule has 1 aliphatic carbocycles. The molecule has 0 bridgehead atoms. The Bertz CT molecular complexity index is 953. The molecule has 0 atom stereocenters. The fraction of sp³-hybridized carbons (Fsp3) is 0.500. The lowest BCUT2D eigenvalue weighted by Crippen LogP contribution is -2.47. The van der Waals surface area contributed by atoms with E-state index in [0.717, 1.165) is 60.4 Å². The van der Waals surface area contributed by atoms with Crippen molar-refractivity contribution in [2.24, 2.45) is 0 Å². The van der Waals surface area contributed by atoms with E-state index in [1.807, 2.05) is 0 Å². The molecule has 2 aliphatic rings. The molecule has 1 saturated heterocycles. The molecule has 1 aliphatic heterocycles. The van der Waals surface area contributed by atoms with Gasteiger partial charge in [0.15, 0.2) is 5.65 Å². The van der Waals surface area contributed by atoms with Crippen molar-refractivity contribution in [3.8, 4) is 0 Å². The Morgan fingerprint density at radius 3 is 2.42 bits per heavy atom. The second kappa shape index (κ2) is 5.89. The Morgan fingerprint density at radius 2 is 1.69 bits per heavy atom.